The lowest BCUT2D eigenvalue weighted by molar-refractivity contribution is 0.0438. The van der Waals surface area contributed by atoms with E-state index in [1.54, 1.807) is 24.4 Å². The van der Waals surface area contributed by atoms with Crippen LogP contribution in [0.5, 0.6) is 0 Å². The number of pyridine rings is 1. The number of aromatic nitrogens is 1. The van der Waals surface area contributed by atoms with Gasteiger partial charge in [0.05, 0.1) is 25.4 Å². The molecule has 1 spiro atoms. The van der Waals surface area contributed by atoms with Gasteiger partial charge in [-0.2, -0.15) is 0 Å². The Labute approximate surface area is 191 Å². The van der Waals surface area contributed by atoms with Crippen LogP contribution in [0, 0.1) is 5.82 Å². The summed E-state index contributed by atoms with van der Waals surface area (Å²) in [5.74, 6) is 0.342. The maximum atomic E-state index is 13.7. The molecule has 2 aromatic rings. The predicted octanol–water partition coefficient (Wildman–Crippen LogP) is 3.08. The summed E-state index contributed by atoms with van der Waals surface area (Å²) in [5, 5.41) is 0. The van der Waals surface area contributed by atoms with Crippen LogP contribution in [-0.2, 0) is 9.47 Å². The minimum Gasteiger partial charge on any atom is -0.441 e. The van der Waals surface area contributed by atoms with Crippen LogP contribution < -0.4 is 9.80 Å². The zero-order valence-corrected chi connectivity index (χ0v) is 18.4. The molecule has 1 aromatic carbocycles. The average molecular weight is 455 g/mol. The number of carbonyl (C=O) groups excluding carboxylic acids is 2. The number of anilines is 2. The number of nitrogens with zero attached hydrogens (tertiary/aromatic N) is 4. The number of rotatable bonds is 3. The van der Waals surface area contributed by atoms with Crippen molar-refractivity contribution < 1.29 is 23.5 Å². The van der Waals surface area contributed by atoms with Gasteiger partial charge in [0, 0.05) is 44.4 Å². The van der Waals surface area contributed by atoms with Crippen molar-refractivity contribution in [3.05, 3.63) is 54.0 Å². The SMILES string of the molecule is O=C(c1ccnc(N2CCOCC2)c1)N1CCC[C@]2(CC1)CN(c1cccc(F)c1)C(=O)O2. The Kier molecular flexibility index (Phi) is 5.88. The van der Waals surface area contributed by atoms with Gasteiger partial charge in [0.1, 0.15) is 17.2 Å². The van der Waals surface area contributed by atoms with Gasteiger partial charge < -0.3 is 19.3 Å². The number of morpholine rings is 1. The molecule has 1 aromatic heterocycles. The molecule has 4 heterocycles. The highest BCUT2D eigenvalue weighted by molar-refractivity contribution is 5.95. The number of ether oxygens (including phenoxy) is 2. The largest absolute Gasteiger partial charge is 0.441 e. The van der Waals surface area contributed by atoms with Crippen LogP contribution in [0.25, 0.3) is 0 Å². The molecule has 3 aliphatic rings. The van der Waals surface area contributed by atoms with Crippen molar-refractivity contribution >= 4 is 23.5 Å². The molecule has 0 saturated carbocycles. The molecule has 8 nitrogen and oxygen atoms in total. The van der Waals surface area contributed by atoms with E-state index >= 15 is 0 Å². The van der Waals surface area contributed by atoms with E-state index in [-0.39, 0.29) is 5.91 Å². The van der Waals surface area contributed by atoms with Crippen molar-refractivity contribution in [2.75, 3.05) is 55.7 Å². The molecule has 0 N–H and O–H groups in total. The molecule has 3 fully saturated rings. The maximum absolute atomic E-state index is 13.7. The fraction of sp³-hybridized carbons (Fsp3) is 0.458. The highest BCUT2D eigenvalue weighted by Gasteiger charge is 2.46. The molecule has 3 aliphatic heterocycles. The standard InChI is InChI=1S/C24H27FN4O4/c25-19-3-1-4-20(16-19)29-17-24(33-23(29)31)6-2-9-28(10-7-24)22(30)18-5-8-26-21(15-18)27-11-13-32-14-12-27/h1,3-5,8,15-16H,2,6-7,9-14,17H2/t24-/m0/s1. The molecule has 9 heteroatoms. The molecule has 1 atom stereocenters. The van der Waals surface area contributed by atoms with Gasteiger partial charge in [-0.3, -0.25) is 9.69 Å². The first-order chi connectivity index (χ1) is 16.0. The summed E-state index contributed by atoms with van der Waals surface area (Å²) in [6.45, 7) is 4.24. The van der Waals surface area contributed by atoms with Crippen molar-refractivity contribution in [1.82, 2.24) is 9.88 Å². The minimum absolute atomic E-state index is 0.0460. The second kappa shape index (κ2) is 8.97. The van der Waals surface area contributed by atoms with E-state index in [1.165, 1.54) is 17.0 Å². The van der Waals surface area contributed by atoms with Crippen molar-refractivity contribution in [3.8, 4) is 0 Å². The molecule has 0 unspecified atom stereocenters. The lowest BCUT2D eigenvalue weighted by atomic mass is 9.95. The molecular weight excluding hydrogens is 427 g/mol. The van der Waals surface area contributed by atoms with Gasteiger partial charge in [-0.15, -0.1) is 0 Å². The Bertz CT molecular complexity index is 1040. The third-order valence-corrected chi connectivity index (χ3v) is 6.60. The number of benzene rings is 1. The van der Waals surface area contributed by atoms with E-state index in [2.05, 4.69) is 9.88 Å². The smallest absolute Gasteiger partial charge is 0.415 e. The summed E-state index contributed by atoms with van der Waals surface area (Å²) < 4.78 is 24.9. The van der Waals surface area contributed by atoms with E-state index in [1.807, 2.05) is 11.0 Å². The van der Waals surface area contributed by atoms with Crippen LogP contribution in [0.1, 0.15) is 29.6 Å². The summed E-state index contributed by atoms with van der Waals surface area (Å²) in [6, 6.07) is 9.55. The Morgan fingerprint density at radius 3 is 2.73 bits per heavy atom. The summed E-state index contributed by atoms with van der Waals surface area (Å²) in [5.41, 5.74) is 0.420. The Hall–Kier alpha value is -3.20. The van der Waals surface area contributed by atoms with E-state index in [0.29, 0.717) is 56.9 Å². The Morgan fingerprint density at radius 1 is 1.06 bits per heavy atom. The van der Waals surface area contributed by atoms with Crippen molar-refractivity contribution in [1.29, 1.82) is 0 Å². The number of carbonyl (C=O) groups is 2. The van der Waals surface area contributed by atoms with Gasteiger partial charge >= 0.3 is 6.09 Å². The number of amides is 2. The fourth-order valence-corrected chi connectivity index (χ4v) is 4.80. The second-order valence-electron chi connectivity index (χ2n) is 8.76. The van der Waals surface area contributed by atoms with Crippen LogP contribution in [0.15, 0.2) is 42.6 Å². The summed E-state index contributed by atoms with van der Waals surface area (Å²) >= 11 is 0. The first kappa shape index (κ1) is 21.6. The summed E-state index contributed by atoms with van der Waals surface area (Å²) in [6.07, 6.45) is 3.12. The molecular formula is C24H27FN4O4. The van der Waals surface area contributed by atoms with Crippen LogP contribution in [0.2, 0.25) is 0 Å². The lowest BCUT2D eigenvalue weighted by Gasteiger charge is -2.28. The lowest BCUT2D eigenvalue weighted by Crippen LogP contribution is -2.38. The first-order valence-electron chi connectivity index (χ1n) is 11.4. The van der Waals surface area contributed by atoms with Gasteiger partial charge in [0.15, 0.2) is 0 Å². The molecule has 0 radical (unpaired) electrons. The fourth-order valence-electron chi connectivity index (χ4n) is 4.80. The molecule has 5 rings (SSSR count). The Morgan fingerprint density at radius 2 is 1.91 bits per heavy atom. The van der Waals surface area contributed by atoms with Crippen molar-refractivity contribution in [3.63, 3.8) is 0 Å². The molecule has 0 bridgehead atoms. The third-order valence-electron chi connectivity index (χ3n) is 6.60. The van der Waals surface area contributed by atoms with Crippen LogP contribution in [0.3, 0.4) is 0 Å². The second-order valence-corrected chi connectivity index (χ2v) is 8.76. The van der Waals surface area contributed by atoms with Crippen LogP contribution in [0.4, 0.5) is 20.7 Å². The number of hydrogen-bond donors (Lipinski definition) is 0. The zero-order chi connectivity index (χ0) is 22.8. The zero-order valence-electron chi connectivity index (χ0n) is 18.4. The topological polar surface area (TPSA) is 75.2 Å². The number of likely N-dealkylation sites (tertiary alicyclic amines) is 1. The first-order valence-corrected chi connectivity index (χ1v) is 11.4. The molecule has 3 saturated heterocycles. The van der Waals surface area contributed by atoms with E-state index in [0.717, 1.165) is 25.3 Å². The van der Waals surface area contributed by atoms with Gasteiger partial charge in [-0.05, 0) is 43.2 Å². The van der Waals surface area contributed by atoms with Crippen molar-refractivity contribution in [2.24, 2.45) is 0 Å². The van der Waals surface area contributed by atoms with E-state index < -0.39 is 17.5 Å². The highest BCUT2D eigenvalue weighted by atomic mass is 19.1. The van der Waals surface area contributed by atoms with Gasteiger partial charge in [-0.1, -0.05) is 6.07 Å². The van der Waals surface area contributed by atoms with Gasteiger partial charge in [0.2, 0.25) is 0 Å². The summed E-state index contributed by atoms with van der Waals surface area (Å²) in [4.78, 5) is 35.7. The van der Waals surface area contributed by atoms with Gasteiger partial charge in [0.25, 0.3) is 5.91 Å². The minimum atomic E-state index is -0.671. The van der Waals surface area contributed by atoms with Crippen molar-refractivity contribution in [2.45, 2.75) is 24.9 Å². The quantitative estimate of drug-likeness (QED) is 0.710. The predicted molar refractivity (Wildman–Crippen MR) is 120 cm³/mol. The van der Waals surface area contributed by atoms with E-state index in [9.17, 15) is 14.0 Å². The van der Waals surface area contributed by atoms with E-state index in [4.69, 9.17) is 9.47 Å². The summed E-state index contributed by atoms with van der Waals surface area (Å²) in [7, 11) is 0. The molecule has 174 valence electrons. The molecule has 33 heavy (non-hydrogen) atoms. The normalized spacial score (nSPS) is 23.5. The average Bonchev–Trinajstić information content (AvgIpc) is 3.03. The third kappa shape index (κ3) is 4.50. The van der Waals surface area contributed by atoms with Crippen LogP contribution >= 0.6 is 0 Å². The van der Waals surface area contributed by atoms with Gasteiger partial charge in [-0.25, -0.2) is 14.2 Å². The molecule has 0 aliphatic carbocycles. The number of halogens is 1. The Balaban J connectivity index is 1.27. The highest BCUT2D eigenvalue weighted by Crippen LogP contribution is 2.36. The maximum Gasteiger partial charge on any atom is 0.415 e. The number of hydrogen-bond acceptors (Lipinski definition) is 6. The monoisotopic (exact) mass is 454 g/mol. The molecule has 2 amide bonds. The van der Waals surface area contributed by atoms with Crippen LogP contribution in [-0.4, -0.2) is 73.4 Å².